The van der Waals surface area contributed by atoms with E-state index in [1.165, 1.54) is 30.5 Å². The highest BCUT2D eigenvalue weighted by Crippen LogP contribution is 2.50. The van der Waals surface area contributed by atoms with Gasteiger partial charge in [-0.15, -0.1) is 0 Å². The lowest BCUT2D eigenvalue weighted by atomic mass is 9.84. The van der Waals surface area contributed by atoms with Crippen LogP contribution in [0, 0.1) is 0 Å². The normalized spacial score (nSPS) is 20.4. The quantitative estimate of drug-likeness (QED) is 0.328. The van der Waals surface area contributed by atoms with Crippen molar-refractivity contribution in [3.05, 3.63) is 94.4 Å². The number of hydrogen-bond acceptors (Lipinski definition) is 7. The van der Waals surface area contributed by atoms with Gasteiger partial charge in [-0.3, -0.25) is 4.72 Å². The van der Waals surface area contributed by atoms with Gasteiger partial charge in [0.05, 0.1) is 21.8 Å². The van der Waals surface area contributed by atoms with Gasteiger partial charge in [0.1, 0.15) is 11.7 Å². The minimum absolute atomic E-state index is 0.0795. The zero-order valence-corrected chi connectivity index (χ0v) is 20.9. The number of hydrogen-bond donors (Lipinski definition) is 1. The van der Waals surface area contributed by atoms with Crippen molar-refractivity contribution in [2.45, 2.75) is 16.7 Å². The van der Waals surface area contributed by atoms with Crippen LogP contribution in [0.25, 0.3) is 16.3 Å². The summed E-state index contributed by atoms with van der Waals surface area (Å²) in [6.45, 7) is 0. The monoisotopic (exact) mass is 546 g/mol. The van der Waals surface area contributed by atoms with E-state index in [9.17, 15) is 8.42 Å². The molecule has 0 aliphatic heterocycles. The van der Waals surface area contributed by atoms with Crippen LogP contribution in [0.5, 0.6) is 0 Å². The van der Waals surface area contributed by atoms with Crippen LogP contribution in [0.4, 0.5) is 14.6 Å². The highest BCUT2D eigenvalue weighted by Gasteiger charge is 2.48. The van der Waals surface area contributed by atoms with E-state index in [0.29, 0.717) is 10.9 Å². The fraction of sp³-hybridized carbons (Fsp3) is 0.125. The summed E-state index contributed by atoms with van der Waals surface area (Å²) >= 11 is 7.47. The van der Waals surface area contributed by atoms with E-state index in [4.69, 9.17) is 16.3 Å². The number of ether oxygens (including phenoxy) is 1. The van der Waals surface area contributed by atoms with E-state index in [1.54, 1.807) is 35.7 Å². The topological polar surface area (TPSA) is 94.1 Å². The summed E-state index contributed by atoms with van der Waals surface area (Å²) in [5, 5.41) is 9.83. The zero-order chi connectivity index (χ0) is 25.5. The smallest absolute Gasteiger partial charge is 0.263 e. The summed E-state index contributed by atoms with van der Waals surface area (Å²) in [5.41, 5.74) is 0.568. The Morgan fingerprint density at radius 2 is 1.94 bits per heavy atom. The molecular formula is C24H17ClF2N4O3S2. The molecule has 2 atom stereocenters. The Labute approximate surface area is 214 Å². The number of fused-ring (bicyclic) bond motifs is 1. The number of aromatic nitrogens is 3. The molecule has 2 unspecified atom stereocenters. The lowest BCUT2D eigenvalue weighted by molar-refractivity contribution is -0.0965. The third-order valence-corrected chi connectivity index (χ3v) is 8.05. The second-order valence-corrected chi connectivity index (χ2v) is 10.6. The lowest BCUT2D eigenvalue weighted by Gasteiger charge is -2.33. The Morgan fingerprint density at radius 1 is 1.17 bits per heavy atom. The molecule has 184 valence electrons. The molecular weight excluding hydrogens is 530 g/mol. The van der Waals surface area contributed by atoms with Crippen LogP contribution < -0.4 is 4.72 Å². The van der Waals surface area contributed by atoms with Crippen LogP contribution in [0.2, 0.25) is 0 Å². The minimum atomic E-state index is -3.96. The van der Waals surface area contributed by atoms with Crippen molar-refractivity contribution in [3.63, 3.8) is 0 Å². The van der Waals surface area contributed by atoms with E-state index in [0.717, 1.165) is 24.7 Å². The van der Waals surface area contributed by atoms with E-state index in [-0.39, 0.29) is 32.4 Å². The first-order valence-electron chi connectivity index (χ1n) is 10.5. The van der Waals surface area contributed by atoms with Crippen molar-refractivity contribution in [2.75, 3.05) is 11.8 Å². The molecule has 4 aromatic rings. The van der Waals surface area contributed by atoms with Gasteiger partial charge < -0.3 is 4.74 Å². The highest BCUT2D eigenvalue weighted by atomic mass is 35.5. The van der Waals surface area contributed by atoms with Gasteiger partial charge in [0, 0.05) is 28.8 Å². The molecule has 0 saturated carbocycles. The molecule has 12 heteroatoms. The number of anilines is 1. The summed E-state index contributed by atoms with van der Waals surface area (Å²) in [6.07, 6.45) is 2.43. The third-order valence-electron chi connectivity index (χ3n) is 5.75. The van der Waals surface area contributed by atoms with Crippen molar-refractivity contribution in [1.29, 1.82) is 0 Å². The molecule has 2 aromatic heterocycles. The number of benzene rings is 2. The molecule has 1 aliphatic rings. The average Bonchev–Trinajstić information content (AvgIpc) is 3.39. The van der Waals surface area contributed by atoms with Crippen molar-refractivity contribution < 1.29 is 21.9 Å². The predicted molar refractivity (Wildman–Crippen MR) is 134 cm³/mol. The van der Waals surface area contributed by atoms with Crippen LogP contribution in [-0.2, 0) is 14.8 Å². The maximum atomic E-state index is 16.2. The van der Waals surface area contributed by atoms with E-state index in [1.807, 2.05) is 0 Å². The number of sulfonamides is 1. The first-order valence-corrected chi connectivity index (χ1v) is 13.2. The Kier molecular flexibility index (Phi) is 6.33. The first-order chi connectivity index (χ1) is 17.2. The molecule has 2 heterocycles. The minimum Gasteiger partial charge on any atom is -0.345 e. The average molecular weight is 547 g/mol. The number of nitrogens with one attached hydrogen (secondary N) is 1. The fourth-order valence-corrected chi connectivity index (χ4v) is 5.85. The van der Waals surface area contributed by atoms with Gasteiger partial charge in [0.15, 0.2) is 5.82 Å². The molecule has 7 nitrogen and oxygen atoms in total. The fourth-order valence-electron chi connectivity index (χ4n) is 4.01. The molecule has 0 radical (unpaired) electrons. The van der Waals surface area contributed by atoms with E-state index >= 15 is 8.78 Å². The molecule has 1 aliphatic carbocycles. The highest BCUT2D eigenvalue weighted by molar-refractivity contribution is 7.92. The van der Waals surface area contributed by atoms with Gasteiger partial charge >= 0.3 is 0 Å². The molecule has 0 fully saturated rings. The Balaban J connectivity index is 1.60. The van der Waals surface area contributed by atoms with Gasteiger partial charge in [0.2, 0.25) is 5.85 Å². The predicted octanol–water partition coefficient (Wildman–Crippen LogP) is 5.80. The van der Waals surface area contributed by atoms with Crippen molar-refractivity contribution >= 4 is 55.3 Å². The Hall–Kier alpha value is -3.25. The summed E-state index contributed by atoms with van der Waals surface area (Å²) < 4.78 is 69.0. The van der Waals surface area contributed by atoms with Gasteiger partial charge in [-0.2, -0.15) is 14.6 Å². The summed E-state index contributed by atoms with van der Waals surface area (Å²) in [7, 11) is -2.85. The van der Waals surface area contributed by atoms with E-state index in [2.05, 4.69) is 19.3 Å². The van der Waals surface area contributed by atoms with Crippen LogP contribution >= 0.6 is 23.1 Å². The molecule has 0 spiro atoms. The van der Waals surface area contributed by atoms with E-state index < -0.39 is 27.6 Å². The Morgan fingerprint density at radius 3 is 2.64 bits per heavy atom. The summed E-state index contributed by atoms with van der Waals surface area (Å²) in [4.78, 5) is -0.0795. The second-order valence-electron chi connectivity index (χ2n) is 7.89. The van der Waals surface area contributed by atoms with Crippen LogP contribution in [0.3, 0.4) is 0 Å². The maximum Gasteiger partial charge on any atom is 0.263 e. The number of halogens is 3. The van der Waals surface area contributed by atoms with Gasteiger partial charge in [-0.1, -0.05) is 48.0 Å². The van der Waals surface area contributed by atoms with Crippen molar-refractivity contribution in [1.82, 2.24) is 14.6 Å². The van der Waals surface area contributed by atoms with Crippen molar-refractivity contribution in [2.24, 2.45) is 0 Å². The Bertz CT molecular complexity index is 1610. The standard InChI is InChI=1S/C24H17ClF2N4O3S2/c1-34-24(27)12-18(14-5-3-2-4-6-14)21(25)22(26)20(24)23-17-8-7-16(11-15(17)13-28-29-23)36(32,33)31-19-9-10-35-30-19/h2-13,20H,1H3,(H,30,31). The number of allylic oxidation sites excluding steroid dienone is 2. The summed E-state index contributed by atoms with van der Waals surface area (Å²) in [5.74, 6) is -5.12. The lowest BCUT2D eigenvalue weighted by Crippen LogP contribution is -2.36. The number of rotatable bonds is 6. The summed E-state index contributed by atoms with van der Waals surface area (Å²) in [6, 6.07) is 14.2. The molecule has 36 heavy (non-hydrogen) atoms. The maximum absolute atomic E-state index is 16.2. The first kappa shape index (κ1) is 24.4. The molecule has 2 aromatic carbocycles. The third kappa shape index (κ3) is 4.28. The molecule has 0 bridgehead atoms. The molecule has 0 saturated heterocycles. The largest absolute Gasteiger partial charge is 0.345 e. The SMILES string of the molecule is COC1(F)C=C(c2ccccc2)C(Cl)=C(F)C1c1nncc2cc(S(=O)(=O)Nc3ccsn3)ccc12. The van der Waals surface area contributed by atoms with Gasteiger partial charge in [0.25, 0.3) is 10.0 Å². The van der Waals surface area contributed by atoms with Gasteiger partial charge in [-0.05, 0) is 41.4 Å². The van der Waals surface area contributed by atoms with Crippen LogP contribution in [0.15, 0.2) is 88.0 Å². The number of nitrogens with zero attached hydrogens (tertiary/aromatic N) is 3. The molecule has 5 rings (SSSR count). The number of methoxy groups -OCH3 is 1. The molecule has 0 amide bonds. The molecule has 1 N–H and O–H groups in total. The van der Waals surface area contributed by atoms with Gasteiger partial charge in [-0.25, -0.2) is 17.2 Å². The second kappa shape index (κ2) is 9.32. The number of alkyl halides is 1. The van der Waals surface area contributed by atoms with Crippen molar-refractivity contribution in [3.8, 4) is 0 Å². The van der Waals surface area contributed by atoms with Crippen LogP contribution in [-0.4, -0.2) is 36.0 Å². The zero-order valence-electron chi connectivity index (χ0n) is 18.5. The van der Waals surface area contributed by atoms with Crippen LogP contribution in [0.1, 0.15) is 17.2 Å².